The van der Waals surface area contributed by atoms with Crippen LogP contribution >= 0.6 is 11.6 Å². The van der Waals surface area contributed by atoms with Gasteiger partial charge in [0, 0.05) is 43.3 Å². The number of halogens is 1. The van der Waals surface area contributed by atoms with Gasteiger partial charge in [-0.2, -0.15) is 0 Å². The Morgan fingerprint density at radius 2 is 2.00 bits per heavy atom. The highest BCUT2D eigenvalue weighted by Gasteiger charge is 2.29. The monoisotopic (exact) mass is 306 g/mol. The van der Waals surface area contributed by atoms with Crippen molar-refractivity contribution in [2.24, 2.45) is 5.92 Å². The van der Waals surface area contributed by atoms with Gasteiger partial charge in [0.05, 0.1) is 6.04 Å². The van der Waals surface area contributed by atoms with Gasteiger partial charge in [-0.05, 0) is 37.8 Å². The highest BCUT2D eigenvalue weighted by molar-refractivity contribution is 6.31. The maximum atomic E-state index is 12.6. The second-order valence-corrected chi connectivity index (χ2v) is 6.77. The van der Waals surface area contributed by atoms with E-state index in [1.54, 1.807) is 12.1 Å². The van der Waals surface area contributed by atoms with E-state index in [1.165, 1.54) is 19.4 Å². The molecule has 1 aromatic rings. The van der Waals surface area contributed by atoms with Gasteiger partial charge in [0.1, 0.15) is 0 Å². The lowest BCUT2D eigenvalue weighted by atomic mass is 10.0. The first kappa shape index (κ1) is 15.0. The summed E-state index contributed by atoms with van der Waals surface area (Å²) in [6.07, 6.45) is 2.81. The highest BCUT2D eigenvalue weighted by atomic mass is 35.5. The van der Waals surface area contributed by atoms with E-state index in [4.69, 9.17) is 11.6 Å². The molecule has 3 rings (SSSR count). The molecule has 1 aromatic carbocycles. The lowest BCUT2D eigenvalue weighted by molar-refractivity contribution is 0.0692. The molecule has 0 radical (unpaired) electrons. The molecule has 4 heteroatoms. The summed E-state index contributed by atoms with van der Waals surface area (Å²) in [4.78, 5) is 17.4. The number of piperazine rings is 1. The van der Waals surface area contributed by atoms with Gasteiger partial charge in [-0.25, -0.2) is 0 Å². The maximum absolute atomic E-state index is 12.6. The van der Waals surface area contributed by atoms with Crippen molar-refractivity contribution in [2.75, 3.05) is 32.7 Å². The number of rotatable bonds is 5. The molecule has 21 heavy (non-hydrogen) atoms. The largest absolute Gasteiger partial charge is 0.301 e. The molecule has 1 atom stereocenters. The third-order valence-electron chi connectivity index (χ3n) is 4.66. The minimum Gasteiger partial charge on any atom is -0.301 e. The van der Waals surface area contributed by atoms with E-state index in [0.29, 0.717) is 5.02 Å². The van der Waals surface area contributed by atoms with Crippen LogP contribution in [0.2, 0.25) is 5.02 Å². The number of carbonyl (C=O) groups is 1. The summed E-state index contributed by atoms with van der Waals surface area (Å²) in [6, 6.07) is 7.21. The zero-order chi connectivity index (χ0) is 14.8. The molecule has 114 valence electrons. The molecule has 1 aliphatic heterocycles. The average molecular weight is 307 g/mol. The van der Waals surface area contributed by atoms with Crippen molar-refractivity contribution in [2.45, 2.75) is 25.8 Å². The van der Waals surface area contributed by atoms with Crippen LogP contribution in [-0.2, 0) is 0 Å². The summed E-state index contributed by atoms with van der Waals surface area (Å²) in [5, 5.41) is 0.627. The maximum Gasteiger partial charge on any atom is 0.179 e. The second-order valence-electron chi connectivity index (χ2n) is 6.33. The Hall–Kier alpha value is -0.900. The van der Waals surface area contributed by atoms with E-state index in [1.807, 2.05) is 19.1 Å². The van der Waals surface area contributed by atoms with Crippen LogP contribution in [-0.4, -0.2) is 54.3 Å². The minimum atomic E-state index is -0.0634. The van der Waals surface area contributed by atoms with Crippen molar-refractivity contribution in [1.82, 2.24) is 9.80 Å². The summed E-state index contributed by atoms with van der Waals surface area (Å²) in [5.74, 6) is 1.12. The Balaban J connectivity index is 1.55. The predicted octanol–water partition coefficient (Wildman–Crippen LogP) is 2.94. The van der Waals surface area contributed by atoms with Gasteiger partial charge >= 0.3 is 0 Å². The molecular formula is C17H23ClN2O. The molecule has 1 aliphatic carbocycles. The molecule has 1 heterocycles. The first-order valence-electron chi connectivity index (χ1n) is 7.89. The molecule has 2 aliphatic rings. The van der Waals surface area contributed by atoms with Gasteiger partial charge < -0.3 is 4.90 Å². The molecular weight excluding hydrogens is 284 g/mol. The number of hydrogen-bond acceptors (Lipinski definition) is 3. The fourth-order valence-electron chi connectivity index (χ4n) is 3.05. The number of Topliss-reactive ketones (excluding diaryl/α,β-unsaturated/α-hetero) is 1. The smallest absolute Gasteiger partial charge is 0.179 e. The fraction of sp³-hybridized carbons (Fsp3) is 0.588. The quantitative estimate of drug-likeness (QED) is 0.782. The van der Waals surface area contributed by atoms with E-state index in [-0.39, 0.29) is 11.8 Å². The molecule has 0 spiro atoms. The Morgan fingerprint density at radius 1 is 1.29 bits per heavy atom. The average Bonchev–Trinajstić information content (AvgIpc) is 3.30. The lowest BCUT2D eigenvalue weighted by Gasteiger charge is -2.37. The van der Waals surface area contributed by atoms with Gasteiger partial charge in [-0.3, -0.25) is 9.69 Å². The minimum absolute atomic E-state index is 0.0634. The molecule has 1 unspecified atom stereocenters. The van der Waals surface area contributed by atoms with Crippen LogP contribution in [0.5, 0.6) is 0 Å². The number of ketones is 1. The predicted molar refractivity (Wildman–Crippen MR) is 86.0 cm³/mol. The Morgan fingerprint density at radius 3 is 2.62 bits per heavy atom. The van der Waals surface area contributed by atoms with E-state index >= 15 is 0 Å². The first-order chi connectivity index (χ1) is 10.1. The van der Waals surface area contributed by atoms with E-state index in [9.17, 15) is 4.79 Å². The van der Waals surface area contributed by atoms with E-state index in [2.05, 4.69) is 9.80 Å². The van der Waals surface area contributed by atoms with Crippen molar-refractivity contribution in [3.63, 3.8) is 0 Å². The van der Waals surface area contributed by atoms with Crippen LogP contribution < -0.4 is 0 Å². The zero-order valence-electron chi connectivity index (χ0n) is 12.6. The SMILES string of the molecule is CC(C(=O)c1cccc(Cl)c1)N1CCN(CC2CC2)CC1. The van der Waals surface area contributed by atoms with Gasteiger partial charge in [-0.15, -0.1) is 0 Å². The van der Waals surface area contributed by atoms with Crippen molar-refractivity contribution < 1.29 is 4.79 Å². The summed E-state index contributed by atoms with van der Waals surface area (Å²) in [6.45, 7) is 7.41. The molecule has 3 nitrogen and oxygen atoms in total. The molecule has 1 saturated heterocycles. The van der Waals surface area contributed by atoms with Crippen LogP contribution in [0.3, 0.4) is 0 Å². The standard InChI is InChI=1S/C17H23ClN2O/c1-13(17(21)15-3-2-4-16(18)11-15)20-9-7-19(8-10-20)12-14-5-6-14/h2-4,11,13-14H,5-10,12H2,1H3. The zero-order valence-corrected chi connectivity index (χ0v) is 13.4. The summed E-state index contributed by atoms with van der Waals surface area (Å²) in [5.41, 5.74) is 0.718. The van der Waals surface area contributed by atoms with Crippen molar-refractivity contribution in [1.29, 1.82) is 0 Å². The normalized spacial score (nSPS) is 22.2. The number of benzene rings is 1. The Labute approximate surface area is 131 Å². The van der Waals surface area contributed by atoms with Crippen LogP contribution in [0, 0.1) is 5.92 Å². The van der Waals surface area contributed by atoms with Crippen molar-refractivity contribution in [3.8, 4) is 0 Å². The van der Waals surface area contributed by atoms with Crippen LogP contribution in [0.4, 0.5) is 0 Å². The van der Waals surface area contributed by atoms with E-state index < -0.39 is 0 Å². The first-order valence-corrected chi connectivity index (χ1v) is 8.27. The Kier molecular flexibility index (Phi) is 4.63. The molecule has 0 N–H and O–H groups in total. The summed E-state index contributed by atoms with van der Waals surface area (Å²) >= 11 is 5.98. The van der Waals surface area contributed by atoms with Gasteiger partial charge in [-0.1, -0.05) is 23.7 Å². The topological polar surface area (TPSA) is 23.6 Å². The van der Waals surface area contributed by atoms with Gasteiger partial charge in [0.2, 0.25) is 0 Å². The molecule has 0 amide bonds. The van der Waals surface area contributed by atoms with Crippen LogP contribution in [0.1, 0.15) is 30.1 Å². The summed E-state index contributed by atoms with van der Waals surface area (Å²) in [7, 11) is 0. The molecule has 1 saturated carbocycles. The fourth-order valence-corrected chi connectivity index (χ4v) is 3.24. The summed E-state index contributed by atoms with van der Waals surface area (Å²) < 4.78 is 0. The number of nitrogens with zero attached hydrogens (tertiary/aromatic N) is 2. The third-order valence-corrected chi connectivity index (χ3v) is 4.89. The van der Waals surface area contributed by atoms with Gasteiger partial charge in [0.25, 0.3) is 0 Å². The Bertz CT molecular complexity index is 507. The number of hydrogen-bond donors (Lipinski definition) is 0. The second kappa shape index (κ2) is 6.47. The highest BCUT2D eigenvalue weighted by Crippen LogP contribution is 2.30. The number of carbonyl (C=O) groups excluding carboxylic acids is 1. The third kappa shape index (κ3) is 3.85. The van der Waals surface area contributed by atoms with Gasteiger partial charge in [0.15, 0.2) is 5.78 Å². The molecule has 0 aromatic heterocycles. The van der Waals surface area contributed by atoms with Crippen LogP contribution in [0.15, 0.2) is 24.3 Å². The van der Waals surface area contributed by atoms with Crippen molar-refractivity contribution in [3.05, 3.63) is 34.9 Å². The van der Waals surface area contributed by atoms with Crippen LogP contribution in [0.25, 0.3) is 0 Å². The van der Waals surface area contributed by atoms with Crippen molar-refractivity contribution >= 4 is 17.4 Å². The van der Waals surface area contributed by atoms with E-state index in [0.717, 1.165) is 37.7 Å². The molecule has 0 bridgehead atoms. The molecule has 2 fully saturated rings. The lowest BCUT2D eigenvalue weighted by Crippen LogP contribution is -2.52.